The molecule has 14 nitrogen and oxygen atoms in total. The number of methoxy groups -OCH3 is 1. The maximum absolute atomic E-state index is 13.6. The Morgan fingerprint density at radius 1 is 1.02 bits per heavy atom. The van der Waals surface area contributed by atoms with Crippen LogP contribution < -0.4 is 21.1 Å². The predicted octanol–water partition coefficient (Wildman–Crippen LogP) is 5.35. The SMILES string of the molecule is COc1ccc2c(c1C1CCN(CC3CCC(n4cc5cc(NC(=O)c6cccc(C(F)(F)F)n6)ncc5n4)CC3)CC1)n(C)c(=O)n2[C@H]1CCC(=O)NC1=O. The Labute approximate surface area is 319 Å². The molecule has 56 heavy (non-hydrogen) atoms. The Bertz CT molecular complexity index is 2390. The Hall–Kier alpha value is -5.58. The van der Waals surface area contributed by atoms with E-state index in [4.69, 9.17) is 9.84 Å². The van der Waals surface area contributed by atoms with E-state index in [2.05, 4.69) is 25.5 Å². The zero-order chi connectivity index (χ0) is 39.3. The molecule has 0 radical (unpaired) electrons. The fraction of sp³-hybridized carbons (Fsp3) is 0.462. The molecule has 0 unspecified atom stereocenters. The lowest BCUT2D eigenvalue weighted by Gasteiger charge is -2.37. The average Bonchev–Trinajstić information content (AvgIpc) is 3.72. The zero-order valence-electron chi connectivity index (χ0n) is 31.0. The molecular formula is C39H42F3N9O5. The molecule has 2 N–H and O–H groups in total. The first-order valence-electron chi connectivity index (χ1n) is 18.9. The van der Waals surface area contributed by atoms with Gasteiger partial charge in [0.15, 0.2) is 0 Å². The number of benzene rings is 1. The maximum Gasteiger partial charge on any atom is 0.433 e. The number of halogens is 3. The van der Waals surface area contributed by atoms with E-state index >= 15 is 0 Å². The van der Waals surface area contributed by atoms with E-state index < -0.39 is 29.7 Å². The highest BCUT2D eigenvalue weighted by atomic mass is 19.4. The van der Waals surface area contributed by atoms with E-state index in [-0.39, 0.29) is 47.9 Å². The van der Waals surface area contributed by atoms with E-state index in [0.717, 1.165) is 92.5 Å². The van der Waals surface area contributed by atoms with Gasteiger partial charge < -0.3 is 15.0 Å². The fourth-order valence-corrected chi connectivity index (χ4v) is 8.75. The summed E-state index contributed by atoms with van der Waals surface area (Å²) in [6.45, 7) is 2.82. The lowest BCUT2D eigenvalue weighted by Crippen LogP contribution is -2.44. The number of hydrogen-bond acceptors (Lipinski definition) is 9. The van der Waals surface area contributed by atoms with Gasteiger partial charge in [-0.1, -0.05) is 6.07 Å². The second-order valence-corrected chi connectivity index (χ2v) is 15.1. The maximum atomic E-state index is 13.6. The quantitative estimate of drug-likeness (QED) is 0.199. The average molecular weight is 774 g/mol. The van der Waals surface area contributed by atoms with E-state index in [1.54, 1.807) is 31.0 Å². The first-order valence-corrected chi connectivity index (χ1v) is 18.9. The Kier molecular flexibility index (Phi) is 9.88. The van der Waals surface area contributed by atoms with E-state index in [1.165, 1.54) is 10.6 Å². The molecule has 4 aromatic heterocycles. The number of aryl methyl sites for hydroxylation is 1. The van der Waals surface area contributed by atoms with Crippen LogP contribution in [-0.2, 0) is 22.8 Å². The third kappa shape index (κ3) is 7.15. The number of piperidine rings is 2. The van der Waals surface area contributed by atoms with E-state index in [0.29, 0.717) is 17.0 Å². The van der Waals surface area contributed by atoms with Crippen molar-refractivity contribution in [1.82, 2.24) is 39.1 Å². The van der Waals surface area contributed by atoms with Gasteiger partial charge in [-0.3, -0.25) is 33.5 Å². The van der Waals surface area contributed by atoms with Crippen LogP contribution in [0, 0.1) is 5.92 Å². The van der Waals surface area contributed by atoms with Gasteiger partial charge in [-0.05, 0) is 100 Å². The normalized spacial score (nSPS) is 21.4. The molecule has 17 heteroatoms. The highest BCUT2D eigenvalue weighted by Gasteiger charge is 2.35. The number of amides is 3. The number of anilines is 1. The molecule has 3 aliphatic rings. The summed E-state index contributed by atoms with van der Waals surface area (Å²) >= 11 is 0. The smallest absolute Gasteiger partial charge is 0.433 e. The van der Waals surface area contributed by atoms with Crippen LogP contribution in [0.5, 0.6) is 5.75 Å². The Balaban J connectivity index is 0.878. The number of nitrogens with one attached hydrogen (secondary N) is 2. The first-order chi connectivity index (χ1) is 26.9. The van der Waals surface area contributed by atoms with Crippen molar-refractivity contribution in [2.24, 2.45) is 13.0 Å². The van der Waals surface area contributed by atoms with Gasteiger partial charge in [0.25, 0.3) is 5.91 Å². The molecule has 0 bridgehead atoms. The van der Waals surface area contributed by atoms with Crippen LogP contribution in [0.15, 0.2) is 53.6 Å². The highest BCUT2D eigenvalue weighted by Crippen LogP contribution is 2.41. The van der Waals surface area contributed by atoms with Crippen molar-refractivity contribution in [3.63, 3.8) is 0 Å². The summed E-state index contributed by atoms with van der Waals surface area (Å²) in [5, 5.41) is 10.4. The fourth-order valence-electron chi connectivity index (χ4n) is 8.75. The van der Waals surface area contributed by atoms with E-state index in [9.17, 15) is 32.3 Å². The van der Waals surface area contributed by atoms with Crippen molar-refractivity contribution in [2.45, 2.75) is 75.5 Å². The van der Waals surface area contributed by atoms with Gasteiger partial charge in [-0.2, -0.15) is 18.3 Å². The van der Waals surface area contributed by atoms with Gasteiger partial charge in [-0.25, -0.2) is 14.8 Å². The summed E-state index contributed by atoms with van der Waals surface area (Å²) in [5.74, 6) is 0.0546. The summed E-state index contributed by atoms with van der Waals surface area (Å²) in [6.07, 6.45) is 5.09. The number of imide groups is 1. The number of likely N-dealkylation sites (tertiary alicyclic amines) is 1. The predicted molar refractivity (Wildman–Crippen MR) is 199 cm³/mol. The summed E-state index contributed by atoms with van der Waals surface area (Å²) in [5.41, 5.74) is 1.29. The monoisotopic (exact) mass is 773 g/mol. The first kappa shape index (κ1) is 37.3. The summed E-state index contributed by atoms with van der Waals surface area (Å²) in [4.78, 5) is 61.0. The van der Waals surface area contributed by atoms with Crippen molar-refractivity contribution in [2.75, 3.05) is 32.1 Å². The molecule has 3 fully saturated rings. The lowest BCUT2D eigenvalue weighted by molar-refractivity contribution is -0.141. The molecule has 6 heterocycles. The number of ether oxygens (including phenoxy) is 1. The van der Waals surface area contributed by atoms with Crippen molar-refractivity contribution >= 4 is 45.5 Å². The number of nitrogens with zero attached hydrogens (tertiary/aromatic N) is 7. The zero-order valence-corrected chi connectivity index (χ0v) is 31.0. The van der Waals surface area contributed by atoms with Crippen LogP contribution in [0.4, 0.5) is 19.0 Å². The third-order valence-electron chi connectivity index (χ3n) is 11.6. The summed E-state index contributed by atoms with van der Waals surface area (Å²) in [6, 6.07) is 8.00. The number of hydrogen-bond donors (Lipinski definition) is 2. The lowest BCUT2D eigenvalue weighted by atomic mass is 9.84. The number of carbonyl (C=O) groups excluding carboxylic acids is 3. The van der Waals surface area contributed by atoms with Gasteiger partial charge in [0.2, 0.25) is 11.8 Å². The molecule has 1 aromatic carbocycles. The molecule has 8 rings (SSSR count). The van der Waals surface area contributed by atoms with Crippen molar-refractivity contribution < 1.29 is 32.3 Å². The Morgan fingerprint density at radius 3 is 2.50 bits per heavy atom. The number of pyridine rings is 2. The van der Waals surface area contributed by atoms with Gasteiger partial charge in [0.1, 0.15) is 34.5 Å². The molecular weight excluding hydrogens is 731 g/mol. The standard InChI is InChI=1S/C39H42F3N9O5/c1-48-35-28(51(38(48)55)29-11-13-33(52)46-37(29)54)10-12-30(56-2)34(35)23-14-16-49(17-15-23)20-22-6-8-25(9-7-22)50-21-24-18-32(43-19-27(24)47-50)45-36(53)26-4-3-5-31(44-26)39(40,41)42/h3-5,10,12,18-19,21-23,25,29H,6-9,11,13-17,20H2,1-2H3,(H,45,53)(H,46,52,54)/t22?,25?,29-/m0/s1. The minimum absolute atomic E-state index is 0.165. The van der Waals surface area contributed by atoms with Crippen LogP contribution >= 0.6 is 0 Å². The molecule has 3 amide bonds. The summed E-state index contributed by atoms with van der Waals surface area (Å²) < 4.78 is 50.2. The third-order valence-corrected chi connectivity index (χ3v) is 11.6. The molecule has 294 valence electrons. The second kappa shape index (κ2) is 14.8. The number of imidazole rings is 1. The molecule has 2 aliphatic heterocycles. The topological polar surface area (TPSA) is 158 Å². The van der Waals surface area contributed by atoms with Gasteiger partial charge in [-0.15, -0.1) is 0 Å². The van der Waals surface area contributed by atoms with Gasteiger partial charge >= 0.3 is 11.9 Å². The van der Waals surface area contributed by atoms with Gasteiger partial charge in [0.05, 0.1) is 30.4 Å². The summed E-state index contributed by atoms with van der Waals surface area (Å²) in [7, 11) is 3.36. The van der Waals surface area contributed by atoms with Gasteiger partial charge in [0, 0.05) is 37.2 Å². The number of aromatic nitrogens is 6. The number of alkyl halides is 3. The number of carbonyl (C=O) groups is 3. The Morgan fingerprint density at radius 2 is 1.79 bits per heavy atom. The van der Waals surface area contributed by atoms with Crippen molar-refractivity contribution in [1.29, 1.82) is 0 Å². The van der Waals surface area contributed by atoms with Crippen molar-refractivity contribution in [3.05, 3.63) is 76.2 Å². The minimum Gasteiger partial charge on any atom is -0.496 e. The molecule has 1 aliphatic carbocycles. The molecule has 1 atom stereocenters. The number of fused-ring (bicyclic) bond motifs is 2. The second-order valence-electron chi connectivity index (χ2n) is 15.1. The van der Waals surface area contributed by atoms with Crippen LogP contribution in [-0.4, -0.2) is 78.2 Å². The van der Waals surface area contributed by atoms with Crippen LogP contribution in [0.25, 0.3) is 21.9 Å². The van der Waals surface area contributed by atoms with Crippen molar-refractivity contribution in [3.8, 4) is 5.75 Å². The van der Waals surface area contributed by atoms with Crippen LogP contribution in [0.2, 0.25) is 0 Å². The minimum atomic E-state index is -4.66. The molecule has 1 saturated carbocycles. The molecule has 0 spiro atoms. The van der Waals surface area contributed by atoms with E-state index in [1.807, 2.05) is 23.0 Å². The molecule has 2 saturated heterocycles. The largest absolute Gasteiger partial charge is 0.496 e. The van der Waals surface area contributed by atoms with Crippen LogP contribution in [0.3, 0.4) is 0 Å². The molecule has 5 aromatic rings. The van der Waals surface area contributed by atoms with Crippen LogP contribution in [0.1, 0.15) is 91.1 Å². The highest BCUT2D eigenvalue weighted by molar-refractivity contribution is 6.03. The number of rotatable bonds is 8.